The molecule has 1 N–H and O–H groups in total. The number of carbonyl (C=O) groups excluding carboxylic acids is 3. The predicted octanol–water partition coefficient (Wildman–Crippen LogP) is 11.0. The van der Waals surface area contributed by atoms with Crippen LogP contribution in [0.3, 0.4) is 0 Å². The maximum Gasteiger partial charge on any atom is 0.307 e. The van der Waals surface area contributed by atoms with Gasteiger partial charge >= 0.3 is 11.9 Å². The summed E-state index contributed by atoms with van der Waals surface area (Å²) in [6, 6.07) is 0.166. The van der Waals surface area contributed by atoms with E-state index in [1.807, 2.05) is 7.05 Å². The van der Waals surface area contributed by atoms with Crippen LogP contribution < -0.4 is 5.32 Å². The van der Waals surface area contributed by atoms with E-state index >= 15 is 0 Å². The summed E-state index contributed by atoms with van der Waals surface area (Å²) in [5, 5.41) is 3.04. The molecule has 8 heteroatoms. The highest BCUT2D eigenvalue weighted by Gasteiger charge is 2.39. The van der Waals surface area contributed by atoms with Gasteiger partial charge in [0.1, 0.15) is 17.6 Å². The first kappa shape index (κ1) is 48.2. The van der Waals surface area contributed by atoms with E-state index in [1.54, 1.807) is 0 Å². The number of unbranched alkanes of at least 4 members (excludes halogenated alkanes) is 15. The first-order chi connectivity index (χ1) is 26.3. The van der Waals surface area contributed by atoms with Crippen LogP contribution in [0, 0.1) is 11.8 Å². The molecular formula is C46H84N2O6. The quantitative estimate of drug-likeness (QED) is 0.0388. The van der Waals surface area contributed by atoms with E-state index in [1.165, 1.54) is 96.0 Å². The van der Waals surface area contributed by atoms with Gasteiger partial charge in [0.15, 0.2) is 0 Å². The van der Waals surface area contributed by atoms with Gasteiger partial charge in [-0.1, -0.05) is 124 Å². The van der Waals surface area contributed by atoms with Crippen molar-refractivity contribution < 1.29 is 28.6 Å². The molecule has 314 valence electrons. The van der Waals surface area contributed by atoms with Crippen LogP contribution in [-0.4, -0.2) is 74.7 Å². The number of nitrogens with one attached hydrogen (secondary N) is 1. The van der Waals surface area contributed by atoms with Crippen LogP contribution in [0.2, 0.25) is 0 Å². The Bertz CT molecular complexity index is 1020. The normalized spacial score (nSPS) is 18.3. The number of ether oxygens (including phenoxy) is 3. The lowest BCUT2D eigenvalue weighted by atomic mass is 9.83. The van der Waals surface area contributed by atoms with Gasteiger partial charge in [0.05, 0.1) is 25.7 Å². The summed E-state index contributed by atoms with van der Waals surface area (Å²) in [6.45, 7) is 11.7. The molecule has 0 bridgehead atoms. The highest BCUT2D eigenvalue weighted by atomic mass is 16.5. The van der Waals surface area contributed by atoms with E-state index in [-0.39, 0.29) is 35.9 Å². The van der Waals surface area contributed by atoms with Gasteiger partial charge in [-0.15, -0.1) is 0 Å². The number of allylic oxidation sites excluding steroid dienone is 1. The van der Waals surface area contributed by atoms with Crippen molar-refractivity contribution in [2.75, 3.05) is 39.9 Å². The van der Waals surface area contributed by atoms with Gasteiger partial charge in [-0.05, 0) is 77.0 Å². The van der Waals surface area contributed by atoms with Crippen LogP contribution in [0.4, 0.5) is 0 Å². The van der Waals surface area contributed by atoms with Gasteiger partial charge in [-0.2, -0.15) is 0 Å². The number of hydrogen-bond acceptors (Lipinski definition) is 8. The molecular weight excluding hydrogens is 677 g/mol. The van der Waals surface area contributed by atoms with E-state index < -0.39 is 0 Å². The number of nitrogens with zero attached hydrogens (tertiary/aromatic N) is 1. The van der Waals surface area contributed by atoms with Crippen molar-refractivity contribution in [1.82, 2.24) is 10.2 Å². The van der Waals surface area contributed by atoms with Crippen molar-refractivity contribution in [3.8, 4) is 0 Å². The van der Waals surface area contributed by atoms with E-state index in [0.717, 1.165) is 109 Å². The molecule has 0 spiro atoms. The minimum Gasteiger partial charge on any atom is -0.496 e. The lowest BCUT2D eigenvalue weighted by molar-refractivity contribution is -0.148. The summed E-state index contributed by atoms with van der Waals surface area (Å²) in [5.41, 5.74) is 1.45. The molecule has 8 nitrogen and oxygen atoms in total. The first-order valence-electron chi connectivity index (χ1n) is 22.9. The summed E-state index contributed by atoms with van der Waals surface area (Å²) in [5.74, 6) is 1.81. The third-order valence-electron chi connectivity index (χ3n) is 11.7. The van der Waals surface area contributed by atoms with E-state index in [4.69, 9.17) is 14.2 Å². The topological polar surface area (TPSA) is 94.2 Å². The Morgan fingerprint density at radius 1 is 0.741 bits per heavy atom. The monoisotopic (exact) mass is 761 g/mol. The zero-order valence-electron chi connectivity index (χ0n) is 35.8. The van der Waals surface area contributed by atoms with E-state index in [2.05, 4.69) is 31.0 Å². The molecule has 1 heterocycles. The van der Waals surface area contributed by atoms with Gasteiger partial charge in [0, 0.05) is 38.3 Å². The molecule has 2 rings (SSSR count). The third kappa shape index (κ3) is 21.4. The van der Waals surface area contributed by atoms with Crippen molar-refractivity contribution in [2.24, 2.45) is 11.8 Å². The van der Waals surface area contributed by atoms with Crippen LogP contribution in [0.5, 0.6) is 0 Å². The Morgan fingerprint density at radius 3 is 1.89 bits per heavy atom. The van der Waals surface area contributed by atoms with Crippen molar-refractivity contribution in [2.45, 2.75) is 213 Å². The molecule has 1 saturated heterocycles. The van der Waals surface area contributed by atoms with Crippen LogP contribution in [0.15, 0.2) is 11.3 Å². The molecule has 0 radical (unpaired) electrons. The second kappa shape index (κ2) is 31.2. The summed E-state index contributed by atoms with van der Waals surface area (Å²) in [6.07, 6.45) is 30.3. The number of esters is 2. The van der Waals surface area contributed by atoms with E-state index in [9.17, 15) is 14.4 Å². The average molecular weight is 761 g/mol. The number of Topliss-reactive ketones (excluding diaryl/α,β-unsaturated/α-hetero) is 1. The molecule has 2 aliphatic rings. The Balaban J connectivity index is 1.79. The van der Waals surface area contributed by atoms with Crippen LogP contribution in [0.1, 0.15) is 201 Å². The Morgan fingerprint density at radius 2 is 1.30 bits per heavy atom. The fraction of sp³-hybridized carbons (Fsp3) is 0.891. The molecule has 1 aliphatic heterocycles. The molecule has 54 heavy (non-hydrogen) atoms. The van der Waals surface area contributed by atoms with Gasteiger partial charge < -0.3 is 19.5 Å². The van der Waals surface area contributed by atoms with Crippen LogP contribution >= 0.6 is 0 Å². The minimum atomic E-state index is -0.213. The summed E-state index contributed by atoms with van der Waals surface area (Å²) in [4.78, 5) is 39.6. The van der Waals surface area contributed by atoms with E-state index in [0.29, 0.717) is 25.4 Å². The average Bonchev–Trinajstić information content (AvgIpc) is 3.53. The lowest BCUT2D eigenvalue weighted by Crippen LogP contribution is -2.34. The lowest BCUT2D eigenvalue weighted by Gasteiger charge is -2.31. The summed E-state index contributed by atoms with van der Waals surface area (Å²) in [7, 11) is 1.86. The van der Waals surface area contributed by atoms with Crippen molar-refractivity contribution in [1.29, 1.82) is 0 Å². The van der Waals surface area contributed by atoms with Gasteiger partial charge in [-0.3, -0.25) is 19.3 Å². The molecule has 4 atom stereocenters. The molecule has 1 aliphatic carbocycles. The number of hydrogen-bond donors (Lipinski definition) is 1. The Labute approximate surface area is 332 Å². The molecule has 0 aromatic heterocycles. The molecule has 0 aromatic rings. The summed E-state index contributed by atoms with van der Waals surface area (Å²) < 4.78 is 17.7. The van der Waals surface area contributed by atoms with Crippen LogP contribution in [-0.2, 0) is 28.6 Å². The minimum absolute atomic E-state index is 0.108. The standard InChI is InChI=1S/C46H84N2O6/c1-6-8-10-12-15-21-28-40(27-20-11-9-7-2)45(51)38(3)26-19-14-13-17-24-35-53-46(41-29-25-30-41)43-36-42(54-44(50)31-32-47-5)37-48(43)33-22-16-18-23-34-52-39(4)49/h38,40,42-43,47H,6-37H2,1-5H3. The smallest absolute Gasteiger partial charge is 0.307 e. The predicted molar refractivity (Wildman–Crippen MR) is 222 cm³/mol. The Kier molecular flexibility index (Phi) is 27.9. The maximum atomic E-state index is 13.5. The largest absolute Gasteiger partial charge is 0.496 e. The molecule has 0 amide bonds. The van der Waals surface area contributed by atoms with Gasteiger partial charge in [-0.25, -0.2) is 0 Å². The zero-order chi connectivity index (χ0) is 39.2. The van der Waals surface area contributed by atoms with Crippen LogP contribution in [0.25, 0.3) is 0 Å². The maximum absolute atomic E-state index is 13.5. The van der Waals surface area contributed by atoms with Crippen molar-refractivity contribution in [3.63, 3.8) is 0 Å². The highest BCUT2D eigenvalue weighted by Crippen LogP contribution is 2.36. The second-order valence-electron chi connectivity index (χ2n) is 16.6. The Hall–Kier alpha value is -1.93. The van der Waals surface area contributed by atoms with Gasteiger partial charge in [0.25, 0.3) is 0 Å². The summed E-state index contributed by atoms with van der Waals surface area (Å²) >= 11 is 0. The number of ketones is 1. The fourth-order valence-corrected chi connectivity index (χ4v) is 8.19. The molecule has 1 saturated carbocycles. The van der Waals surface area contributed by atoms with Crippen molar-refractivity contribution >= 4 is 17.7 Å². The SMILES string of the molecule is CCCCCCCCC(CCCCCC)C(=O)C(C)CCCCCCCOC(=C1CCC1)C1CC(OC(=O)CCNC)CN1CCCCCCOC(C)=O. The zero-order valence-corrected chi connectivity index (χ0v) is 35.8. The molecule has 0 aromatic carbocycles. The molecule has 2 fully saturated rings. The number of carbonyl (C=O) groups is 3. The number of likely N-dealkylation sites (tertiary alicyclic amines) is 1. The highest BCUT2D eigenvalue weighted by molar-refractivity contribution is 5.83. The number of rotatable bonds is 35. The third-order valence-corrected chi connectivity index (χ3v) is 11.7. The van der Waals surface area contributed by atoms with Crippen molar-refractivity contribution in [3.05, 3.63) is 11.3 Å². The first-order valence-corrected chi connectivity index (χ1v) is 22.9. The second-order valence-corrected chi connectivity index (χ2v) is 16.6. The molecule has 4 unspecified atom stereocenters. The fourth-order valence-electron chi connectivity index (χ4n) is 8.19. The van der Waals surface area contributed by atoms with Gasteiger partial charge in [0.2, 0.25) is 0 Å².